The van der Waals surface area contributed by atoms with Crippen molar-refractivity contribution in [2.24, 2.45) is 10.7 Å². The molecule has 1 aromatic carbocycles. The highest BCUT2D eigenvalue weighted by atomic mass is 127. The number of ether oxygens (including phenoxy) is 1. The summed E-state index contributed by atoms with van der Waals surface area (Å²) >= 11 is 20.2. The molecule has 0 bridgehead atoms. The van der Waals surface area contributed by atoms with Gasteiger partial charge in [0.1, 0.15) is 22.0 Å². The molecular formula is C17H13Cl3FIN4O2. The van der Waals surface area contributed by atoms with Gasteiger partial charge in [-0.1, -0.05) is 34.8 Å². The SMILES string of the molecule is NC1=N[C@](I)(c2cc(NC(=O)c3ncc(Cl)cc3Cl)ccc2Cl)C[C@@H](CF)O1. The second kappa shape index (κ2) is 8.56. The number of benzene rings is 1. The quantitative estimate of drug-likeness (QED) is 0.316. The minimum atomic E-state index is -0.940. The van der Waals surface area contributed by atoms with Gasteiger partial charge in [0.15, 0.2) is 0 Å². The maximum absolute atomic E-state index is 13.2. The molecule has 1 aromatic heterocycles. The maximum Gasteiger partial charge on any atom is 0.283 e. The van der Waals surface area contributed by atoms with Crippen LogP contribution in [0.25, 0.3) is 0 Å². The van der Waals surface area contributed by atoms with Gasteiger partial charge >= 0.3 is 0 Å². The predicted molar refractivity (Wildman–Crippen MR) is 116 cm³/mol. The Kier molecular flexibility index (Phi) is 6.53. The van der Waals surface area contributed by atoms with Crippen LogP contribution in [-0.2, 0) is 8.28 Å². The van der Waals surface area contributed by atoms with Crippen molar-refractivity contribution in [3.8, 4) is 0 Å². The number of hydrogen-bond donors (Lipinski definition) is 2. The van der Waals surface area contributed by atoms with E-state index in [1.807, 2.05) is 22.6 Å². The highest BCUT2D eigenvalue weighted by Gasteiger charge is 2.39. The Bertz CT molecular complexity index is 962. The highest BCUT2D eigenvalue weighted by molar-refractivity contribution is 14.1. The van der Waals surface area contributed by atoms with Gasteiger partial charge in [0.25, 0.3) is 11.9 Å². The number of carbonyl (C=O) groups excluding carboxylic acids is 1. The average molecular weight is 558 g/mol. The summed E-state index contributed by atoms with van der Waals surface area (Å²) in [4.78, 5) is 20.7. The van der Waals surface area contributed by atoms with Crippen LogP contribution in [0.3, 0.4) is 0 Å². The molecule has 0 spiro atoms. The van der Waals surface area contributed by atoms with E-state index in [9.17, 15) is 9.18 Å². The summed E-state index contributed by atoms with van der Waals surface area (Å²) in [5, 5.41) is 3.54. The van der Waals surface area contributed by atoms with Gasteiger partial charge in [0, 0.05) is 28.9 Å². The number of nitrogens with zero attached hydrogens (tertiary/aromatic N) is 2. The molecule has 2 aromatic rings. The summed E-state index contributed by atoms with van der Waals surface area (Å²) < 4.78 is 17.4. The lowest BCUT2D eigenvalue weighted by molar-refractivity contribution is 0.102. The number of rotatable bonds is 4. The van der Waals surface area contributed by atoms with Crippen LogP contribution in [0.15, 0.2) is 35.5 Å². The first-order valence-electron chi connectivity index (χ1n) is 7.91. The third-order valence-electron chi connectivity index (χ3n) is 3.90. The molecule has 3 N–H and O–H groups in total. The van der Waals surface area contributed by atoms with E-state index >= 15 is 0 Å². The topological polar surface area (TPSA) is 89.6 Å². The smallest absolute Gasteiger partial charge is 0.283 e. The molecule has 0 radical (unpaired) electrons. The van der Waals surface area contributed by atoms with E-state index in [0.29, 0.717) is 21.3 Å². The van der Waals surface area contributed by atoms with Gasteiger partial charge in [-0.05, 0) is 46.9 Å². The molecule has 0 unspecified atom stereocenters. The summed E-state index contributed by atoms with van der Waals surface area (Å²) in [5.41, 5.74) is 6.72. The van der Waals surface area contributed by atoms with Crippen molar-refractivity contribution in [1.29, 1.82) is 0 Å². The number of nitrogens with two attached hydrogens (primary N) is 1. The third-order valence-corrected chi connectivity index (χ3v) is 5.99. The fourth-order valence-electron chi connectivity index (χ4n) is 2.69. The van der Waals surface area contributed by atoms with E-state index in [4.69, 9.17) is 45.3 Å². The van der Waals surface area contributed by atoms with E-state index in [-0.39, 0.29) is 23.2 Å². The largest absolute Gasteiger partial charge is 0.459 e. The van der Waals surface area contributed by atoms with E-state index in [1.54, 1.807) is 18.2 Å². The number of amides is 1. The summed E-state index contributed by atoms with van der Waals surface area (Å²) in [6.07, 6.45) is 0.819. The fraction of sp³-hybridized carbons (Fsp3) is 0.235. The molecule has 2 atom stereocenters. The van der Waals surface area contributed by atoms with E-state index in [2.05, 4.69) is 15.3 Å². The molecule has 0 aliphatic carbocycles. The number of pyridine rings is 1. The molecule has 0 saturated heterocycles. The number of alkyl halides is 2. The minimum Gasteiger partial charge on any atom is -0.459 e. The summed E-state index contributed by atoms with van der Waals surface area (Å²) in [7, 11) is 0. The van der Waals surface area contributed by atoms with Gasteiger partial charge in [-0.3, -0.25) is 4.79 Å². The van der Waals surface area contributed by atoms with Crippen LogP contribution in [-0.4, -0.2) is 29.7 Å². The van der Waals surface area contributed by atoms with E-state index in [1.165, 1.54) is 12.3 Å². The number of carbonyl (C=O) groups is 1. The Morgan fingerprint density at radius 3 is 2.79 bits per heavy atom. The van der Waals surface area contributed by atoms with Crippen LogP contribution < -0.4 is 11.1 Å². The first-order valence-corrected chi connectivity index (χ1v) is 10.1. The molecule has 0 saturated carbocycles. The Balaban J connectivity index is 1.91. The molecule has 28 heavy (non-hydrogen) atoms. The van der Waals surface area contributed by atoms with Gasteiger partial charge in [0.2, 0.25) is 0 Å². The van der Waals surface area contributed by atoms with Gasteiger partial charge in [0.05, 0.1) is 10.0 Å². The minimum absolute atomic E-state index is 0.0255. The summed E-state index contributed by atoms with van der Waals surface area (Å²) in [6, 6.07) is 6.18. The molecule has 3 rings (SSSR count). The zero-order valence-electron chi connectivity index (χ0n) is 14.1. The lowest BCUT2D eigenvalue weighted by Gasteiger charge is -2.33. The van der Waals surface area contributed by atoms with Gasteiger partial charge in [-0.25, -0.2) is 14.4 Å². The Hall–Kier alpha value is -1.36. The number of anilines is 1. The van der Waals surface area contributed by atoms with Crippen molar-refractivity contribution in [1.82, 2.24) is 4.98 Å². The lowest BCUT2D eigenvalue weighted by atomic mass is 9.99. The Labute approximate surface area is 188 Å². The van der Waals surface area contributed by atoms with Crippen LogP contribution in [0.5, 0.6) is 0 Å². The van der Waals surface area contributed by atoms with Crippen molar-refractivity contribution >= 4 is 75.0 Å². The van der Waals surface area contributed by atoms with Crippen LogP contribution >= 0.6 is 57.4 Å². The van der Waals surface area contributed by atoms with Crippen LogP contribution in [0.4, 0.5) is 10.1 Å². The van der Waals surface area contributed by atoms with E-state index in [0.717, 1.165) is 0 Å². The lowest BCUT2D eigenvalue weighted by Crippen LogP contribution is -2.38. The normalized spacial score (nSPS) is 21.6. The Morgan fingerprint density at radius 1 is 1.36 bits per heavy atom. The number of hydrogen-bond acceptors (Lipinski definition) is 5. The van der Waals surface area contributed by atoms with Gasteiger partial charge in [-0.15, -0.1) is 0 Å². The first kappa shape index (κ1) is 21.4. The molecule has 2 heterocycles. The molecule has 1 aliphatic heterocycles. The van der Waals surface area contributed by atoms with Crippen molar-refractivity contribution in [3.63, 3.8) is 0 Å². The van der Waals surface area contributed by atoms with Crippen LogP contribution in [0, 0.1) is 0 Å². The number of aromatic nitrogens is 1. The summed E-state index contributed by atoms with van der Waals surface area (Å²) in [6.45, 7) is -0.713. The highest BCUT2D eigenvalue weighted by Crippen LogP contribution is 2.45. The second-order valence-electron chi connectivity index (χ2n) is 5.94. The number of nitrogens with one attached hydrogen (secondary N) is 1. The molecule has 11 heteroatoms. The number of aliphatic imine (C=N–C) groups is 1. The van der Waals surface area contributed by atoms with Crippen molar-refractivity contribution in [2.45, 2.75) is 16.1 Å². The Morgan fingerprint density at radius 2 is 2.11 bits per heavy atom. The molecule has 148 valence electrons. The summed E-state index contributed by atoms with van der Waals surface area (Å²) in [5.74, 6) is -0.519. The monoisotopic (exact) mass is 556 g/mol. The van der Waals surface area contributed by atoms with Crippen molar-refractivity contribution < 1.29 is 13.9 Å². The standard InChI is InChI=1S/C17H13Cl3FIN4O2/c18-8-3-13(20)14(24-7-8)15(27)25-9-1-2-12(19)11(4-9)17(22)5-10(6-21)28-16(23)26-17/h1-4,7,10H,5-6H2,(H2,23,26)(H,25,27)/t10-,17-/m0/s1. The zero-order chi connectivity index (χ0) is 20.5. The van der Waals surface area contributed by atoms with Gasteiger partial charge in [-0.2, -0.15) is 0 Å². The van der Waals surface area contributed by atoms with Crippen LogP contribution in [0.1, 0.15) is 22.5 Å². The molecular weight excluding hydrogens is 544 g/mol. The van der Waals surface area contributed by atoms with E-state index < -0.39 is 22.2 Å². The fourth-order valence-corrected chi connectivity index (χ4v) is 4.76. The predicted octanol–water partition coefficient (Wildman–Crippen LogP) is 4.96. The average Bonchev–Trinajstić information content (AvgIpc) is 2.62. The number of amidine groups is 1. The van der Waals surface area contributed by atoms with Crippen LogP contribution in [0.2, 0.25) is 15.1 Å². The van der Waals surface area contributed by atoms with Gasteiger partial charge < -0.3 is 15.8 Å². The first-order chi connectivity index (χ1) is 13.2. The molecule has 6 nitrogen and oxygen atoms in total. The molecule has 0 fully saturated rings. The molecule has 1 aliphatic rings. The maximum atomic E-state index is 13.2. The zero-order valence-corrected chi connectivity index (χ0v) is 18.5. The third kappa shape index (κ3) is 4.61. The van der Waals surface area contributed by atoms with Crippen molar-refractivity contribution in [2.75, 3.05) is 12.0 Å². The van der Waals surface area contributed by atoms with Crippen molar-refractivity contribution in [3.05, 3.63) is 56.8 Å². The molecule has 1 amide bonds. The number of halogens is 5. The second-order valence-corrected chi connectivity index (χ2v) is 8.98.